The van der Waals surface area contributed by atoms with Crippen molar-refractivity contribution in [2.75, 3.05) is 0 Å². The molecule has 130 valence electrons. The highest BCUT2D eigenvalue weighted by atomic mass is 16.5. The minimum absolute atomic E-state index is 0.0298. The molecule has 1 aliphatic heterocycles. The third-order valence-corrected chi connectivity index (χ3v) is 4.77. The number of aliphatic hydroxyl groups excluding tert-OH is 1. The first-order chi connectivity index (χ1) is 11.5. The van der Waals surface area contributed by atoms with Gasteiger partial charge in [0.1, 0.15) is 45.3 Å². The zero-order chi connectivity index (χ0) is 18.8. The second kappa shape index (κ2) is 4.95. The molecule has 2 aliphatic rings. The standard InChI is InChI=1S/C18H16O7/c1-6-14(22)12(8(3)20)16-13(15(6)23)18(4)10(25-16)5-9(21)11(7(2)19)17(18)24/h5,22-24H,1-4H3. The van der Waals surface area contributed by atoms with Gasteiger partial charge < -0.3 is 20.1 Å². The number of hydrogen-bond donors (Lipinski definition) is 3. The highest BCUT2D eigenvalue weighted by Gasteiger charge is 2.54. The number of benzene rings is 1. The zero-order valence-corrected chi connectivity index (χ0v) is 14.1. The maximum Gasteiger partial charge on any atom is 0.196 e. The summed E-state index contributed by atoms with van der Waals surface area (Å²) in [5.41, 5.74) is -2.02. The van der Waals surface area contributed by atoms with Crippen LogP contribution in [-0.2, 0) is 15.0 Å². The number of ether oxygens (including phenoxy) is 1. The minimum Gasteiger partial charge on any atom is -0.510 e. The van der Waals surface area contributed by atoms with Crippen molar-refractivity contribution >= 4 is 17.3 Å². The van der Waals surface area contributed by atoms with Crippen molar-refractivity contribution in [2.24, 2.45) is 0 Å². The molecule has 7 heteroatoms. The second-order valence-electron chi connectivity index (χ2n) is 6.34. The van der Waals surface area contributed by atoms with E-state index in [2.05, 4.69) is 0 Å². The van der Waals surface area contributed by atoms with Gasteiger partial charge >= 0.3 is 0 Å². The molecule has 3 rings (SSSR count). The minimum atomic E-state index is -1.52. The summed E-state index contributed by atoms with van der Waals surface area (Å²) in [4.78, 5) is 35.9. The quantitative estimate of drug-likeness (QED) is 0.555. The second-order valence-corrected chi connectivity index (χ2v) is 6.34. The monoisotopic (exact) mass is 344 g/mol. The van der Waals surface area contributed by atoms with Crippen LogP contribution in [0, 0.1) is 6.92 Å². The molecular formula is C18H16O7. The lowest BCUT2D eigenvalue weighted by molar-refractivity contribution is -0.118. The van der Waals surface area contributed by atoms with Crippen LogP contribution in [0.25, 0.3) is 0 Å². The van der Waals surface area contributed by atoms with Gasteiger partial charge in [-0.2, -0.15) is 0 Å². The van der Waals surface area contributed by atoms with E-state index in [1.165, 1.54) is 20.8 Å². The Morgan fingerprint density at radius 2 is 1.68 bits per heavy atom. The van der Waals surface area contributed by atoms with Crippen molar-refractivity contribution < 1.29 is 34.4 Å². The summed E-state index contributed by atoms with van der Waals surface area (Å²) in [7, 11) is 0. The largest absolute Gasteiger partial charge is 0.510 e. The molecule has 1 heterocycles. The lowest BCUT2D eigenvalue weighted by Gasteiger charge is -2.29. The van der Waals surface area contributed by atoms with Crippen molar-refractivity contribution in [1.82, 2.24) is 0 Å². The van der Waals surface area contributed by atoms with Gasteiger partial charge in [0.2, 0.25) is 0 Å². The molecule has 0 bridgehead atoms. The molecule has 0 saturated carbocycles. The Balaban J connectivity index is 2.47. The summed E-state index contributed by atoms with van der Waals surface area (Å²) in [5, 5.41) is 31.4. The molecule has 1 atom stereocenters. The number of aliphatic hydroxyl groups is 1. The summed E-state index contributed by atoms with van der Waals surface area (Å²) < 4.78 is 5.59. The van der Waals surface area contributed by atoms with Crippen molar-refractivity contribution in [3.05, 3.63) is 39.9 Å². The number of ketones is 3. The molecule has 0 saturated heterocycles. The molecule has 0 aromatic heterocycles. The van der Waals surface area contributed by atoms with Crippen LogP contribution in [0.1, 0.15) is 42.3 Å². The lowest BCUT2D eigenvalue weighted by atomic mass is 9.73. The van der Waals surface area contributed by atoms with Crippen molar-refractivity contribution in [2.45, 2.75) is 33.1 Å². The van der Waals surface area contributed by atoms with Gasteiger partial charge in [-0.05, 0) is 27.7 Å². The van der Waals surface area contributed by atoms with Gasteiger partial charge in [0, 0.05) is 11.6 Å². The first kappa shape index (κ1) is 16.8. The number of Topliss-reactive ketones (excluding diaryl/α,β-unsaturated/α-hetero) is 2. The summed E-state index contributed by atoms with van der Waals surface area (Å²) in [5.74, 6) is -3.41. The van der Waals surface area contributed by atoms with Gasteiger partial charge in [0.05, 0.1) is 5.56 Å². The van der Waals surface area contributed by atoms with Gasteiger partial charge in [-0.15, -0.1) is 0 Å². The number of aromatic hydroxyl groups is 2. The van der Waals surface area contributed by atoms with Gasteiger partial charge in [0.25, 0.3) is 0 Å². The van der Waals surface area contributed by atoms with Crippen LogP contribution < -0.4 is 4.74 Å². The highest BCUT2D eigenvalue weighted by Crippen LogP contribution is 2.58. The van der Waals surface area contributed by atoms with Crippen LogP contribution in [0.3, 0.4) is 0 Å². The van der Waals surface area contributed by atoms with Crippen LogP contribution >= 0.6 is 0 Å². The van der Waals surface area contributed by atoms with Crippen molar-refractivity contribution in [3.8, 4) is 17.2 Å². The SMILES string of the molecule is CC(=O)C1=C(O)C2(C)C(=CC1=O)Oc1c(C(C)=O)c(O)c(C)c(O)c12. The summed E-state index contributed by atoms with van der Waals surface area (Å²) in [6, 6.07) is 0. The number of phenols is 2. The number of allylic oxidation sites excluding steroid dienone is 2. The Bertz CT molecular complexity index is 949. The fraction of sp³-hybridized carbons (Fsp3) is 0.278. The molecule has 7 nitrogen and oxygen atoms in total. The maximum atomic E-state index is 12.1. The molecule has 0 fully saturated rings. The Labute approximate surface area is 142 Å². The van der Waals surface area contributed by atoms with E-state index in [4.69, 9.17) is 4.74 Å². The number of hydrogen-bond acceptors (Lipinski definition) is 7. The van der Waals surface area contributed by atoms with Gasteiger partial charge in [0.15, 0.2) is 17.3 Å². The van der Waals surface area contributed by atoms with E-state index in [0.29, 0.717) is 0 Å². The Morgan fingerprint density at radius 3 is 2.20 bits per heavy atom. The molecule has 0 radical (unpaired) electrons. The van der Waals surface area contributed by atoms with Gasteiger partial charge in [-0.3, -0.25) is 14.4 Å². The molecular weight excluding hydrogens is 328 g/mol. The van der Waals surface area contributed by atoms with Crippen LogP contribution in [-0.4, -0.2) is 32.7 Å². The first-order valence-electron chi connectivity index (χ1n) is 7.52. The lowest BCUT2D eigenvalue weighted by Crippen LogP contribution is -2.33. The normalized spacial score (nSPS) is 21.4. The number of carbonyl (C=O) groups is 3. The summed E-state index contributed by atoms with van der Waals surface area (Å²) in [6.45, 7) is 5.24. The average Bonchev–Trinajstić information content (AvgIpc) is 2.78. The molecule has 1 unspecified atom stereocenters. The van der Waals surface area contributed by atoms with E-state index in [1.54, 1.807) is 0 Å². The predicted molar refractivity (Wildman–Crippen MR) is 85.9 cm³/mol. The Hall–Kier alpha value is -3.09. The van der Waals surface area contributed by atoms with Crippen LogP contribution in [0.5, 0.6) is 17.2 Å². The molecule has 1 aromatic carbocycles. The first-order valence-corrected chi connectivity index (χ1v) is 7.52. The molecule has 3 N–H and O–H groups in total. The van der Waals surface area contributed by atoms with Crippen molar-refractivity contribution in [1.29, 1.82) is 0 Å². The fourth-order valence-electron chi connectivity index (χ4n) is 3.36. The zero-order valence-electron chi connectivity index (χ0n) is 14.1. The van der Waals surface area contributed by atoms with Gasteiger partial charge in [-0.25, -0.2) is 0 Å². The average molecular weight is 344 g/mol. The van der Waals surface area contributed by atoms with Crippen LogP contribution in [0.15, 0.2) is 23.2 Å². The number of rotatable bonds is 2. The molecule has 1 aliphatic carbocycles. The van der Waals surface area contributed by atoms with E-state index in [1.807, 2.05) is 0 Å². The van der Waals surface area contributed by atoms with E-state index in [0.717, 1.165) is 13.0 Å². The third-order valence-electron chi connectivity index (χ3n) is 4.77. The highest BCUT2D eigenvalue weighted by molar-refractivity contribution is 6.25. The fourth-order valence-corrected chi connectivity index (χ4v) is 3.36. The van der Waals surface area contributed by atoms with Crippen molar-refractivity contribution in [3.63, 3.8) is 0 Å². The smallest absolute Gasteiger partial charge is 0.196 e. The molecule has 0 amide bonds. The van der Waals surface area contributed by atoms with Crippen LogP contribution in [0.2, 0.25) is 0 Å². The van der Waals surface area contributed by atoms with E-state index in [-0.39, 0.29) is 33.9 Å². The van der Waals surface area contributed by atoms with Crippen LogP contribution in [0.4, 0.5) is 0 Å². The van der Waals surface area contributed by atoms with Gasteiger partial charge in [-0.1, -0.05) is 0 Å². The Kier molecular flexibility index (Phi) is 3.32. The molecule has 1 aromatic rings. The van der Waals surface area contributed by atoms with E-state index >= 15 is 0 Å². The molecule has 25 heavy (non-hydrogen) atoms. The number of phenolic OH excluding ortho intramolecular Hbond substituents is 2. The summed E-state index contributed by atoms with van der Waals surface area (Å²) in [6.07, 6.45) is 1.05. The summed E-state index contributed by atoms with van der Waals surface area (Å²) >= 11 is 0. The van der Waals surface area contributed by atoms with E-state index in [9.17, 15) is 29.7 Å². The molecule has 0 spiro atoms. The topological polar surface area (TPSA) is 121 Å². The third kappa shape index (κ3) is 1.89. The van der Waals surface area contributed by atoms with E-state index < -0.39 is 39.8 Å². The Morgan fingerprint density at radius 1 is 1.08 bits per heavy atom. The number of carbonyl (C=O) groups excluding carboxylic acids is 3. The number of fused-ring (bicyclic) bond motifs is 3. The predicted octanol–water partition coefficient (Wildman–Crippen LogP) is 2.13. The maximum absolute atomic E-state index is 12.1.